The Balaban J connectivity index is 1.97. The van der Waals surface area contributed by atoms with Gasteiger partial charge in [-0.3, -0.25) is 0 Å². The zero-order valence-corrected chi connectivity index (χ0v) is 12.3. The average Bonchev–Trinajstić information content (AvgIpc) is 2.39. The molecule has 19 heavy (non-hydrogen) atoms. The van der Waals surface area contributed by atoms with E-state index < -0.39 is 0 Å². The first-order valence-corrected chi connectivity index (χ1v) is 7.12. The smallest absolute Gasteiger partial charge is 0.174 e. The van der Waals surface area contributed by atoms with E-state index in [0.717, 1.165) is 12.8 Å². The number of nitrogens with zero attached hydrogens (tertiary/aromatic N) is 1. The number of ether oxygens (including phenoxy) is 1. The van der Waals surface area contributed by atoms with Crippen LogP contribution in [-0.2, 0) is 0 Å². The Hall–Kier alpha value is -1.36. The molecule has 2 rings (SSSR count). The second-order valence-corrected chi connectivity index (χ2v) is 5.66. The molecule has 1 aliphatic rings. The maximum Gasteiger partial charge on any atom is 0.174 e. The normalized spacial score (nSPS) is 17.6. The summed E-state index contributed by atoms with van der Waals surface area (Å²) in [5.74, 6) is 1.35. The minimum atomic E-state index is 0.102. The summed E-state index contributed by atoms with van der Waals surface area (Å²) in [4.78, 5) is 4.24. The summed E-state index contributed by atoms with van der Waals surface area (Å²) >= 11 is 5.38. The summed E-state index contributed by atoms with van der Waals surface area (Å²) in [6.45, 7) is 2.23. The van der Waals surface area contributed by atoms with Gasteiger partial charge in [-0.25, -0.2) is 4.98 Å². The van der Waals surface area contributed by atoms with Crippen molar-refractivity contribution >= 4 is 23.1 Å². The zero-order chi connectivity index (χ0) is 13.7. The fraction of sp³-hybridized carbons (Fsp3) is 0.571. The van der Waals surface area contributed by atoms with Gasteiger partial charge < -0.3 is 15.4 Å². The van der Waals surface area contributed by atoms with Crippen LogP contribution < -0.4 is 15.4 Å². The fourth-order valence-corrected chi connectivity index (χ4v) is 2.86. The average molecular weight is 279 g/mol. The van der Waals surface area contributed by atoms with Crippen molar-refractivity contribution in [3.8, 4) is 5.75 Å². The fourth-order valence-electron chi connectivity index (χ4n) is 2.52. The first-order chi connectivity index (χ1) is 9.13. The lowest BCUT2D eigenvalue weighted by Gasteiger charge is -2.35. The third-order valence-electron chi connectivity index (χ3n) is 3.59. The second kappa shape index (κ2) is 6.19. The molecule has 0 amide bonds. The van der Waals surface area contributed by atoms with Crippen LogP contribution in [-0.4, -0.2) is 22.7 Å². The van der Waals surface area contributed by atoms with E-state index in [1.165, 1.54) is 19.3 Å². The lowest BCUT2D eigenvalue weighted by Crippen LogP contribution is -2.48. The minimum absolute atomic E-state index is 0.102. The van der Waals surface area contributed by atoms with Gasteiger partial charge in [0.25, 0.3) is 0 Å². The molecule has 2 N–H and O–H groups in total. The number of hydrogen-bond acceptors (Lipinski definition) is 3. The van der Waals surface area contributed by atoms with Gasteiger partial charge in [0.15, 0.2) is 16.7 Å². The summed E-state index contributed by atoms with van der Waals surface area (Å²) in [6, 6.07) is 3.70. The first kappa shape index (κ1) is 14.1. The Kier molecular flexibility index (Phi) is 4.58. The molecule has 4 nitrogen and oxygen atoms in total. The van der Waals surface area contributed by atoms with E-state index in [1.54, 1.807) is 13.3 Å². The van der Waals surface area contributed by atoms with Crippen LogP contribution >= 0.6 is 12.2 Å². The maximum atomic E-state index is 5.38. The van der Waals surface area contributed by atoms with Gasteiger partial charge in [-0.1, -0.05) is 19.3 Å². The molecule has 0 aromatic carbocycles. The topological polar surface area (TPSA) is 46.2 Å². The van der Waals surface area contributed by atoms with E-state index in [1.807, 2.05) is 12.1 Å². The van der Waals surface area contributed by atoms with Crippen molar-refractivity contribution in [1.29, 1.82) is 0 Å². The predicted octanol–water partition coefficient (Wildman–Crippen LogP) is 3.10. The molecule has 0 saturated heterocycles. The van der Waals surface area contributed by atoms with Crippen molar-refractivity contribution in [2.24, 2.45) is 0 Å². The molecule has 1 fully saturated rings. The van der Waals surface area contributed by atoms with Gasteiger partial charge in [0, 0.05) is 11.7 Å². The number of pyridine rings is 1. The molecule has 5 heteroatoms. The Bertz CT molecular complexity index is 444. The van der Waals surface area contributed by atoms with Crippen molar-refractivity contribution in [3.63, 3.8) is 0 Å². The molecule has 1 aliphatic carbocycles. The molecule has 1 aromatic rings. The highest BCUT2D eigenvalue weighted by atomic mass is 32.1. The summed E-state index contributed by atoms with van der Waals surface area (Å²) in [7, 11) is 1.63. The lowest BCUT2D eigenvalue weighted by molar-refractivity contribution is 0.292. The molecule has 0 unspecified atom stereocenters. The molecule has 0 bridgehead atoms. The van der Waals surface area contributed by atoms with Gasteiger partial charge in [-0.15, -0.1) is 0 Å². The second-order valence-electron chi connectivity index (χ2n) is 5.25. The predicted molar refractivity (Wildman–Crippen MR) is 81.6 cm³/mol. The van der Waals surface area contributed by atoms with E-state index in [4.69, 9.17) is 17.0 Å². The van der Waals surface area contributed by atoms with E-state index >= 15 is 0 Å². The van der Waals surface area contributed by atoms with E-state index in [-0.39, 0.29) is 5.54 Å². The molecule has 0 atom stereocenters. The number of rotatable bonds is 3. The van der Waals surface area contributed by atoms with Gasteiger partial charge in [-0.2, -0.15) is 0 Å². The van der Waals surface area contributed by atoms with Crippen LogP contribution in [0.15, 0.2) is 18.3 Å². The summed E-state index contributed by atoms with van der Waals surface area (Å²) in [5, 5.41) is 7.15. The standard InChI is InChI=1S/C14H21N3OS/c1-14(8-4-3-5-9-14)17-13(19)16-12-11(18-2)7-6-10-15-12/h6-7,10H,3-5,8-9H2,1-2H3,(H2,15,16,17,19). The SMILES string of the molecule is COc1cccnc1NC(=S)NC1(C)CCCCC1. The van der Waals surface area contributed by atoms with E-state index in [9.17, 15) is 0 Å². The monoisotopic (exact) mass is 279 g/mol. The van der Waals surface area contributed by atoms with Gasteiger partial charge in [0.1, 0.15) is 0 Å². The number of methoxy groups -OCH3 is 1. The molecule has 0 aliphatic heterocycles. The van der Waals surface area contributed by atoms with Crippen molar-refractivity contribution in [2.75, 3.05) is 12.4 Å². The van der Waals surface area contributed by atoms with Crippen molar-refractivity contribution in [3.05, 3.63) is 18.3 Å². The highest BCUT2D eigenvalue weighted by Gasteiger charge is 2.27. The number of hydrogen-bond donors (Lipinski definition) is 2. The molecule has 1 heterocycles. The molecule has 104 valence electrons. The lowest BCUT2D eigenvalue weighted by atomic mass is 9.83. The minimum Gasteiger partial charge on any atom is -0.493 e. The quantitative estimate of drug-likeness (QED) is 0.833. The van der Waals surface area contributed by atoms with Crippen LogP contribution in [0.4, 0.5) is 5.82 Å². The molecule has 0 radical (unpaired) electrons. The van der Waals surface area contributed by atoms with Crippen molar-refractivity contribution in [1.82, 2.24) is 10.3 Å². The Morgan fingerprint density at radius 1 is 1.37 bits per heavy atom. The van der Waals surface area contributed by atoms with Crippen molar-refractivity contribution in [2.45, 2.75) is 44.6 Å². The molecule has 1 saturated carbocycles. The van der Waals surface area contributed by atoms with Crippen LogP contribution in [0, 0.1) is 0 Å². The number of nitrogens with one attached hydrogen (secondary N) is 2. The maximum absolute atomic E-state index is 5.38. The van der Waals surface area contributed by atoms with Gasteiger partial charge >= 0.3 is 0 Å². The molecular formula is C14H21N3OS. The first-order valence-electron chi connectivity index (χ1n) is 6.71. The summed E-state index contributed by atoms with van der Waals surface area (Å²) < 4.78 is 5.25. The molecular weight excluding hydrogens is 258 g/mol. The van der Waals surface area contributed by atoms with Gasteiger partial charge in [0.2, 0.25) is 0 Å². The number of anilines is 1. The van der Waals surface area contributed by atoms with E-state index in [0.29, 0.717) is 16.7 Å². The summed E-state index contributed by atoms with van der Waals surface area (Å²) in [6.07, 6.45) is 7.89. The number of thiocarbonyl (C=S) groups is 1. The highest BCUT2D eigenvalue weighted by molar-refractivity contribution is 7.80. The van der Waals surface area contributed by atoms with E-state index in [2.05, 4.69) is 22.5 Å². The van der Waals surface area contributed by atoms with Gasteiger partial charge in [0.05, 0.1) is 7.11 Å². The highest BCUT2D eigenvalue weighted by Crippen LogP contribution is 2.28. The van der Waals surface area contributed by atoms with Crippen LogP contribution in [0.5, 0.6) is 5.75 Å². The Morgan fingerprint density at radius 3 is 2.79 bits per heavy atom. The third kappa shape index (κ3) is 3.80. The van der Waals surface area contributed by atoms with Gasteiger partial charge in [-0.05, 0) is 44.1 Å². The Morgan fingerprint density at radius 2 is 2.11 bits per heavy atom. The Labute approximate surface area is 120 Å². The van der Waals surface area contributed by atoms with Crippen LogP contribution in [0.3, 0.4) is 0 Å². The van der Waals surface area contributed by atoms with Crippen LogP contribution in [0.1, 0.15) is 39.0 Å². The summed E-state index contributed by atoms with van der Waals surface area (Å²) in [5.41, 5.74) is 0.102. The molecule has 1 aromatic heterocycles. The number of aromatic nitrogens is 1. The van der Waals surface area contributed by atoms with Crippen LogP contribution in [0.25, 0.3) is 0 Å². The molecule has 0 spiro atoms. The largest absolute Gasteiger partial charge is 0.493 e. The van der Waals surface area contributed by atoms with Crippen LogP contribution in [0.2, 0.25) is 0 Å². The third-order valence-corrected chi connectivity index (χ3v) is 3.80. The zero-order valence-electron chi connectivity index (χ0n) is 11.5. The van der Waals surface area contributed by atoms with Crippen molar-refractivity contribution < 1.29 is 4.74 Å².